The zero-order valence-electron chi connectivity index (χ0n) is 31.7. The number of amides is 2. The second kappa shape index (κ2) is 10.6. The van der Waals surface area contributed by atoms with E-state index in [1.165, 1.54) is 0 Å². The van der Waals surface area contributed by atoms with Crippen molar-refractivity contribution in [3.05, 3.63) is 120 Å². The van der Waals surface area contributed by atoms with Crippen molar-refractivity contribution in [2.24, 2.45) is 10.8 Å². The molecule has 10 rings (SSSR count). The highest BCUT2D eigenvalue weighted by molar-refractivity contribution is 6.03. The number of fused-ring (bicyclic) bond motifs is 12. The molecule has 4 aliphatic rings. The average molecular weight is 713 g/mol. The molecule has 2 heterocycles. The largest absolute Gasteiger partial charge is 0.325 e. The summed E-state index contributed by atoms with van der Waals surface area (Å²) in [5, 5.41) is 6.55. The number of hydrogen-bond acceptors (Lipinski definition) is 6. The maximum atomic E-state index is 14.4. The molecule has 270 valence electrons. The number of aromatic nitrogens is 4. The molecule has 0 saturated heterocycles. The Morgan fingerprint density at radius 1 is 0.444 bits per heavy atom. The predicted octanol–water partition coefficient (Wildman–Crippen LogP) is 9.18. The van der Waals surface area contributed by atoms with E-state index in [1.807, 2.05) is 97.1 Å². The minimum absolute atomic E-state index is 0.0262. The van der Waals surface area contributed by atoms with Crippen LogP contribution in [0.4, 0.5) is 11.4 Å². The smallest absolute Gasteiger partial charge is 0.237 e. The van der Waals surface area contributed by atoms with Gasteiger partial charge in [0, 0.05) is 22.2 Å². The van der Waals surface area contributed by atoms with Gasteiger partial charge in [0.05, 0.1) is 55.7 Å². The number of nitrogens with one attached hydrogen (secondary N) is 2. The van der Waals surface area contributed by atoms with E-state index in [0.717, 1.165) is 93.0 Å². The Balaban J connectivity index is 0.889. The lowest BCUT2D eigenvalue weighted by Gasteiger charge is -2.39. The van der Waals surface area contributed by atoms with Crippen LogP contribution in [0.25, 0.3) is 33.2 Å². The van der Waals surface area contributed by atoms with Crippen LogP contribution in [-0.2, 0) is 31.2 Å². The number of hydrogen-bond donors (Lipinski definition) is 2. The Morgan fingerprint density at radius 3 is 1.09 bits per heavy atom. The van der Waals surface area contributed by atoms with Gasteiger partial charge in [-0.25, -0.2) is 19.9 Å². The Hall–Kier alpha value is -5.50. The molecule has 6 aromatic rings. The van der Waals surface area contributed by atoms with Gasteiger partial charge >= 0.3 is 0 Å². The van der Waals surface area contributed by atoms with Gasteiger partial charge < -0.3 is 10.6 Å². The molecule has 2 amide bonds. The zero-order valence-corrected chi connectivity index (χ0v) is 31.7. The topological polar surface area (TPSA) is 110 Å². The first-order valence-electron chi connectivity index (χ1n) is 19.2. The standard InChI is InChI=1S/C46H44N6O2/c1-41(2)43(5)23-25-45(41,37-35(43)49-31-11-7-9-13-33(31)51-37)39(53)47-29-19-15-27(16-20-29)28-17-21-30(22-18-28)48-40(54)46-26-24-44(6,42(46,3)4)36-38(46)52-34-14-10-8-12-32(34)50-36/h7-22H,23-26H2,1-6H3,(H,47,53)(H,48,54). The van der Waals surface area contributed by atoms with Crippen LogP contribution < -0.4 is 10.6 Å². The lowest BCUT2D eigenvalue weighted by atomic mass is 9.63. The van der Waals surface area contributed by atoms with Gasteiger partial charge in [-0.2, -0.15) is 0 Å². The third kappa shape index (κ3) is 3.83. The highest BCUT2D eigenvalue weighted by Gasteiger charge is 2.74. The number of nitrogens with zero attached hydrogens (tertiary/aromatic N) is 4. The van der Waals surface area contributed by atoms with Crippen molar-refractivity contribution < 1.29 is 9.59 Å². The van der Waals surface area contributed by atoms with Crippen molar-refractivity contribution in [2.75, 3.05) is 10.6 Å². The minimum Gasteiger partial charge on any atom is -0.325 e. The molecule has 2 saturated carbocycles. The second-order valence-electron chi connectivity index (χ2n) is 17.6. The summed E-state index contributed by atoms with van der Waals surface area (Å²) < 4.78 is 0. The van der Waals surface area contributed by atoms with Crippen LogP contribution >= 0.6 is 0 Å². The van der Waals surface area contributed by atoms with E-state index in [1.54, 1.807) is 0 Å². The Morgan fingerprint density at radius 2 is 0.759 bits per heavy atom. The number of benzene rings is 4. The molecule has 2 fully saturated rings. The van der Waals surface area contributed by atoms with Crippen LogP contribution in [0.15, 0.2) is 97.1 Å². The molecule has 54 heavy (non-hydrogen) atoms. The molecular formula is C46H44N6O2. The van der Waals surface area contributed by atoms with Crippen LogP contribution in [0, 0.1) is 10.8 Å². The Bertz CT molecular complexity index is 2420. The second-order valence-corrected chi connectivity index (χ2v) is 17.6. The number of rotatable bonds is 5. The van der Waals surface area contributed by atoms with Gasteiger partial charge in [-0.3, -0.25) is 9.59 Å². The van der Waals surface area contributed by atoms with E-state index in [-0.39, 0.29) is 33.5 Å². The van der Waals surface area contributed by atoms with Crippen LogP contribution in [-0.4, -0.2) is 31.8 Å². The third-order valence-corrected chi connectivity index (χ3v) is 15.3. The van der Waals surface area contributed by atoms with Crippen molar-refractivity contribution in [3.8, 4) is 11.1 Å². The number of carbonyl (C=O) groups excluding carboxylic acids is 2. The number of para-hydroxylation sites is 4. The first kappa shape index (κ1) is 33.1. The monoisotopic (exact) mass is 712 g/mol. The van der Waals surface area contributed by atoms with Crippen LogP contribution in [0.2, 0.25) is 0 Å². The lowest BCUT2D eigenvalue weighted by molar-refractivity contribution is -0.125. The molecule has 4 bridgehead atoms. The van der Waals surface area contributed by atoms with Crippen LogP contribution in [0.3, 0.4) is 0 Å². The predicted molar refractivity (Wildman–Crippen MR) is 212 cm³/mol. The molecule has 8 nitrogen and oxygen atoms in total. The summed E-state index contributed by atoms with van der Waals surface area (Å²) in [6, 6.07) is 31.8. The quantitative estimate of drug-likeness (QED) is 0.185. The van der Waals surface area contributed by atoms with Gasteiger partial charge in [0.15, 0.2) is 0 Å². The zero-order chi connectivity index (χ0) is 37.5. The maximum absolute atomic E-state index is 14.4. The van der Waals surface area contributed by atoms with Crippen molar-refractivity contribution in [3.63, 3.8) is 0 Å². The summed E-state index contributed by atoms with van der Waals surface area (Å²) in [7, 11) is 0. The van der Waals surface area contributed by atoms with E-state index in [4.69, 9.17) is 19.9 Å². The molecule has 4 unspecified atom stereocenters. The summed E-state index contributed by atoms with van der Waals surface area (Å²) in [4.78, 5) is 49.3. The van der Waals surface area contributed by atoms with Gasteiger partial charge in [0.2, 0.25) is 11.8 Å². The summed E-state index contributed by atoms with van der Waals surface area (Å²) in [5.74, 6) is -0.0524. The summed E-state index contributed by atoms with van der Waals surface area (Å²) in [6.45, 7) is 13.3. The fourth-order valence-corrected chi connectivity index (χ4v) is 11.1. The highest BCUT2D eigenvalue weighted by Crippen LogP contribution is 2.71. The van der Waals surface area contributed by atoms with Crippen molar-refractivity contribution in [1.82, 2.24) is 19.9 Å². The fourth-order valence-electron chi connectivity index (χ4n) is 11.1. The highest BCUT2D eigenvalue weighted by atomic mass is 16.2. The Kier molecular flexibility index (Phi) is 6.49. The van der Waals surface area contributed by atoms with E-state index < -0.39 is 10.8 Å². The molecule has 4 aliphatic carbocycles. The maximum Gasteiger partial charge on any atom is 0.237 e. The van der Waals surface area contributed by atoms with Crippen LogP contribution in [0.1, 0.15) is 90.0 Å². The van der Waals surface area contributed by atoms with Gasteiger partial charge in [0.25, 0.3) is 0 Å². The molecule has 0 spiro atoms. The van der Waals surface area contributed by atoms with Gasteiger partial charge in [-0.1, -0.05) is 90.1 Å². The third-order valence-electron chi connectivity index (χ3n) is 15.3. The Labute approximate surface area is 315 Å². The van der Waals surface area contributed by atoms with E-state index >= 15 is 0 Å². The van der Waals surface area contributed by atoms with Gasteiger partial charge in [-0.15, -0.1) is 0 Å². The van der Waals surface area contributed by atoms with E-state index in [0.29, 0.717) is 0 Å². The number of anilines is 2. The summed E-state index contributed by atoms with van der Waals surface area (Å²) in [6.07, 6.45) is 3.25. The van der Waals surface area contributed by atoms with Crippen molar-refractivity contribution in [2.45, 2.75) is 88.9 Å². The van der Waals surface area contributed by atoms with Gasteiger partial charge in [0.1, 0.15) is 0 Å². The molecule has 8 heteroatoms. The van der Waals surface area contributed by atoms with Crippen molar-refractivity contribution in [1.29, 1.82) is 0 Å². The SMILES string of the molecule is CC12CCC(C(=O)Nc3ccc(-c4ccc(NC(=O)C56CCC(C)(c7nc8ccccc8nc75)C6(C)C)cc4)cc3)(c3nc4ccccc4nc31)C2(C)C. The number of carbonyl (C=O) groups is 2. The first-order chi connectivity index (χ1) is 25.8. The minimum atomic E-state index is -0.778. The molecular weight excluding hydrogens is 669 g/mol. The molecule has 2 aromatic heterocycles. The van der Waals surface area contributed by atoms with E-state index in [9.17, 15) is 9.59 Å². The molecule has 2 N–H and O–H groups in total. The molecule has 4 aromatic carbocycles. The normalized spacial score (nSPS) is 27.9. The summed E-state index contributed by atoms with van der Waals surface area (Å²) >= 11 is 0. The fraction of sp³-hybridized carbons (Fsp3) is 0.348. The molecule has 4 atom stereocenters. The van der Waals surface area contributed by atoms with E-state index in [2.05, 4.69) is 52.2 Å². The van der Waals surface area contributed by atoms with Crippen molar-refractivity contribution >= 4 is 45.3 Å². The first-order valence-corrected chi connectivity index (χ1v) is 19.2. The molecule has 0 aliphatic heterocycles. The lowest BCUT2D eigenvalue weighted by Crippen LogP contribution is -2.48. The van der Waals surface area contributed by atoms with Gasteiger partial charge in [-0.05, 0) is 96.2 Å². The van der Waals surface area contributed by atoms with Crippen LogP contribution in [0.5, 0.6) is 0 Å². The summed E-state index contributed by atoms with van der Waals surface area (Å²) in [5.41, 5.74) is 7.69. The average Bonchev–Trinajstić information content (AvgIpc) is 3.64. The molecule has 0 radical (unpaired) electrons.